The Labute approximate surface area is 174 Å². The second-order valence-corrected chi connectivity index (χ2v) is 8.62. The summed E-state index contributed by atoms with van der Waals surface area (Å²) in [5, 5.41) is 0. The fraction of sp³-hybridized carbons (Fsp3) is 0.364. The predicted molar refractivity (Wildman–Crippen MR) is 119 cm³/mol. The van der Waals surface area contributed by atoms with Crippen molar-refractivity contribution < 1.29 is 9.53 Å². The molecular weight excluding hydrogens is 388 g/mol. The minimum atomic E-state index is -0.0503. The van der Waals surface area contributed by atoms with Crippen LogP contribution in [0.15, 0.2) is 47.5 Å². The van der Waals surface area contributed by atoms with Gasteiger partial charge in [0.1, 0.15) is 11.3 Å². The molecule has 0 aliphatic carbocycles. The topological polar surface area (TPSA) is 43.6 Å². The van der Waals surface area contributed by atoms with Crippen LogP contribution in [0, 0.1) is 6.92 Å². The quantitative estimate of drug-likeness (QED) is 0.477. The molecule has 148 valence electrons. The van der Waals surface area contributed by atoms with E-state index in [9.17, 15) is 4.79 Å². The fourth-order valence-electron chi connectivity index (χ4n) is 3.07. The van der Waals surface area contributed by atoms with Crippen LogP contribution in [-0.4, -0.2) is 23.3 Å². The van der Waals surface area contributed by atoms with Crippen LogP contribution >= 0.6 is 23.1 Å². The van der Waals surface area contributed by atoms with E-state index in [2.05, 4.69) is 47.7 Å². The number of rotatable bonds is 8. The highest BCUT2D eigenvalue weighted by molar-refractivity contribution is 7.98. The Morgan fingerprint density at radius 2 is 2.00 bits per heavy atom. The van der Waals surface area contributed by atoms with E-state index in [0.29, 0.717) is 6.42 Å². The number of fused-ring (bicyclic) bond motifs is 1. The van der Waals surface area contributed by atoms with E-state index in [-0.39, 0.29) is 5.91 Å². The van der Waals surface area contributed by atoms with Gasteiger partial charge in [-0.15, -0.1) is 0 Å². The number of nitrogens with zero attached hydrogens (tertiary/aromatic N) is 2. The number of ether oxygens (including phenoxy) is 1. The van der Waals surface area contributed by atoms with Crippen LogP contribution in [0.4, 0.5) is 0 Å². The molecule has 0 bridgehead atoms. The highest BCUT2D eigenvalue weighted by Crippen LogP contribution is 2.30. The third-order valence-electron chi connectivity index (χ3n) is 4.53. The lowest BCUT2D eigenvalue weighted by Gasteiger charge is -2.07. The summed E-state index contributed by atoms with van der Waals surface area (Å²) in [5.74, 6) is 2.72. The van der Waals surface area contributed by atoms with Gasteiger partial charge < -0.3 is 9.30 Å². The third kappa shape index (κ3) is 4.86. The Morgan fingerprint density at radius 1 is 1.21 bits per heavy atom. The standard InChI is InChI=1S/C22H26N2O2S2/c1-4-24-20-18(26-3)13-12-16(2)21(20)28-22(24)23-19(25)11-8-14-27-15-17-9-6-5-7-10-17/h5-7,9-10,12-13H,4,8,11,14-15H2,1-3H3. The molecule has 3 aromatic rings. The first kappa shape index (κ1) is 20.7. The lowest BCUT2D eigenvalue weighted by molar-refractivity contribution is -0.118. The summed E-state index contributed by atoms with van der Waals surface area (Å²) < 4.78 is 8.74. The monoisotopic (exact) mass is 414 g/mol. The zero-order valence-corrected chi connectivity index (χ0v) is 18.2. The van der Waals surface area contributed by atoms with E-state index in [1.54, 1.807) is 18.4 Å². The van der Waals surface area contributed by atoms with E-state index < -0.39 is 0 Å². The van der Waals surface area contributed by atoms with Crippen LogP contribution in [0.25, 0.3) is 10.2 Å². The molecule has 0 unspecified atom stereocenters. The van der Waals surface area contributed by atoms with Crippen LogP contribution in [0.2, 0.25) is 0 Å². The van der Waals surface area contributed by atoms with Crippen molar-refractivity contribution >= 4 is 39.2 Å². The third-order valence-corrected chi connectivity index (χ3v) is 6.86. The maximum Gasteiger partial charge on any atom is 0.248 e. The van der Waals surface area contributed by atoms with Gasteiger partial charge in [0.25, 0.3) is 0 Å². The average molecular weight is 415 g/mol. The minimum absolute atomic E-state index is 0.0503. The molecule has 1 aromatic heterocycles. The van der Waals surface area contributed by atoms with Crippen LogP contribution in [-0.2, 0) is 17.1 Å². The van der Waals surface area contributed by atoms with Crippen molar-refractivity contribution in [2.45, 2.75) is 39.0 Å². The number of carbonyl (C=O) groups is 1. The van der Waals surface area contributed by atoms with Gasteiger partial charge in [0.2, 0.25) is 5.91 Å². The van der Waals surface area contributed by atoms with Crippen molar-refractivity contribution in [3.05, 3.63) is 58.4 Å². The smallest absolute Gasteiger partial charge is 0.248 e. The lowest BCUT2D eigenvalue weighted by atomic mass is 10.2. The summed E-state index contributed by atoms with van der Waals surface area (Å²) in [6.07, 6.45) is 1.33. The molecule has 0 spiro atoms. The van der Waals surface area contributed by atoms with E-state index >= 15 is 0 Å². The van der Waals surface area contributed by atoms with Crippen LogP contribution in [0.1, 0.15) is 30.9 Å². The first-order chi connectivity index (χ1) is 13.6. The predicted octanol–water partition coefficient (Wildman–Crippen LogP) is 5.18. The summed E-state index contributed by atoms with van der Waals surface area (Å²) >= 11 is 3.42. The van der Waals surface area contributed by atoms with Gasteiger partial charge in [-0.3, -0.25) is 4.79 Å². The molecule has 0 atom stereocenters. The minimum Gasteiger partial charge on any atom is -0.495 e. The van der Waals surface area contributed by atoms with Gasteiger partial charge in [-0.2, -0.15) is 16.8 Å². The molecule has 6 heteroatoms. The highest BCUT2D eigenvalue weighted by atomic mass is 32.2. The van der Waals surface area contributed by atoms with Crippen molar-refractivity contribution in [1.29, 1.82) is 0 Å². The average Bonchev–Trinajstić information content (AvgIpc) is 3.08. The Hall–Kier alpha value is -2.05. The normalized spacial score (nSPS) is 11.9. The van der Waals surface area contributed by atoms with Gasteiger partial charge in [0.05, 0.1) is 11.8 Å². The van der Waals surface area contributed by atoms with Crippen LogP contribution in [0.5, 0.6) is 5.75 Å². The molecule has 4 nitrogen and oxygen atoms in total. The number of aryl methyl sites for hydroxylation is 2. The first-order valence-electron chi connectivity index (χ1n) is 9.50. The number of hydrogen-bond acceptors (Lipinski definition) is 4. The maximum absolute atomic E-state index is 12.4. The van der Waals surface area contributed by atoms with Gasteiger partial charge in [-0.05, 0) is 43.2 Å². The molecule has 28 heavy (non-hydrogen) atoms. The number of thioether (sulfide) groups is 1. The first-order valence-corrected chi connectivity index (χ1v) is 11.5. The molecule has 0 saturated carbocycles. The molecule has 3 rings (SSSR count). The number of carbonyl (C=O) groups excluding carboxylic acids is 1. The largest absolute Gasteiger partial charge is 0.495 e. The van der Waals surface area contributed by atoms with Gasteiger partial charge in [-0.25, -0.2) is 0 Å². The summed E-state index contributed by atoms with van der Waals surface area (Å²) in [5.41, 5.74) is 3.52. The second-order valence-electron chi connectivity index (χ2n) is 6.54. The Bertz CT molecular complexity index is 1010. The molecule has 1 heterocycles. The van der Waals surface area contributed by atoms with Crippen LogP contribution in [0.3, 0.4) is 0 Å². The SMILES string of the molecule is CCn1c(=NC(=O)CCCSCc2ccccc2)sc2c(C)ccc(OC)c21. The zero-order valence-electron chi connectivity index (χ0n) is 16.6. The molecule has 0 radical (unpaired) electrons. The number of amides is 1. The van der Waals surface area contributed by atoms with Crippen molar-refractivity contribution in [2.24, 2.45) is 4.99 Å². The molecule has 1 amide bonds. The number of hydrogen-bond donors (Lipinski definition) is 0. The van der Waals surface area contributed by atoms with E-state index in [1.165, 1.54) is 11.1 Å². The maximum atomic E-state index is 12.4. The highest BCUT2D eigenvalue weighted by Gasteiger charge is 2.13. The molecule has 0 fully saturated rings. The molecule has 0 saturated heterocycles. The summed E-state index contributed by atoms with van der Waals surface area (Å²) in [6, 6.07) is 14.4. The van der Waals surface area contributed by atoms with Gasteiger partial charge in [0.15, 0.2) is 4.80 Å². The molecule has 0 N–H and O–H groups in total. The fourth-order valence-corrected chi connectivity index (χ4v) is 5.19. The molecular formula is C22H26N2O2S2. The van der Waals surface area contributed by atoms with Crippen molar-refractivity contribution in [3.8, 4) is 5.75 Å². The lowest BCUT2D eigenvalue weighted by Crippen LogP contribution is -2.16. The Balaban J connectivity index is 1.66. The van der Waals surface area contributed by atoms with Gasteiger partial charge >= 0.3 is 0 Å². The Morgan fingerprint density at radius 3 is 2.71 bits per heavy atom. The van der Waals surface area contributed by atoms with E-state index in [0.717, 1.165) is 45.2 Å². The number of aromatic nitrogens is 1. The molecule has 0 aliphatic heterocycles. The summed E-state index contributed by atoms with van der Waals surface area (Å²) in [6.45, 7) is 4.89. The number of methoxy groups -OCH3 is 1. The van der Waals surface area contributed by atoms with Crippen LogP contribution < -0.4 is 9.54 Å². The summed E-state index contributed by atoms with van der Waals surface area (Å²) in [4.78, 5) is 17.6. The van der Waals surface area contributed by atoms with Crippen molar-refractivity contribution in [3.63, 3.8) is 0 Å². The molecule has 2 aromatic carbocycles. The summed E-state index contributed by atoms with van der Waals surface area (Å²) in [7, 11) is 1.68. The second kappa shape index (κ2) is 9.94. The van der Waals surface area contributed by atoms with Crippen molar-refractivity contribution in [1.82, 2.24) is 4.57 Å². The van der Waals surface area contributed by atoms with Gasteiger partial charge in [-0.1, -0.05) is 47.7 Å². The van der Waals surface area contributed by atoms with Crippen molar-refractivity contribution in [2.75, 3.05) is 12.9 Å². The Kier molecular flexibility index (Phi) is 7.34. The number of benzene rings is 2. The molecule has 0 aliphatic rings. The zero-order chi connectivity index (χ0) is 19.9. The van der Waals surface area contributed by atoms with E-state index in [1.807, 2.05) is 30.0 Å². The number of thiazole rings is 1. The van der Waals surface area contributed by atoms with Gasteiger partial charge in [0, 0.05) is 18.7 Å². The van der Waals surface area contributed by atoms with E-state index in [4.69, 9.17) is 4.74 Å².